The number of rotatable bonds is 3. The number of benzene rings is 1. The van der Waals surface area contributed by atoms with Crippen LogP contribution in [0.4, 0.5) is 5.69 Å². The minimum atomic E-state index is -1.05. The second-order valence-corrected chi connectivity index (χ2v) is 5.79. The van der Waals surface area contributed by atoms with Gasteiger partial charge in [-0.2, -0.15) is 0 Å². The number of nitrogens with zero attached hydrogens (tertiary/aromatic N) is 2. The average Bonchev–Trinajstić information content (AvgIpc) is 2.78. The van der Waals surface area contributed by atoms with Crippen molar-refractivity contribution in [1.29, 1.82) is 0 Å². The van der Waals surface area contributed by atoms with Gasteiger partial charge in [0.2, 0.25) is 0 Å². The number of aliphatic imine (C=N–C) groups is 1. The molecule has 2 aromatic rings. The Bertz CT molecular complexity index is 800. The largest absolute Gasteiger partial charge is 0.494 e. The predicted molar refractivity (Wildman–Crippen MR) is 83.0 cm³/mol. The Kier molecular flexibility index (Phi) is 3.28. The molecule has 23 heavy (non-hydrogen) atoms. The Morgan fingerprint density at radius 3 is 2.48 bits per heavy atom. The molecule has 0 bridgehead atoms. The molecule has 1 aliphatic rings. The van der Waals surface area contributed by atoms with Crippen molar-refractivity contribution in [1.82, 2.24) is 4.57 Å². The Morgan fingerprint density at radius 1 is 1.22 bits per heavy atom. The number of hydrogen-bond acceptors (Lipinski definition) is 5. The van der Waals surface area contributed by atoms with Crippen LogP contribution < -0.4 is 4.74 Å². The summed E-state index contributed by atoms with van der Waals surface area (Å²) >= 11 is 0. The van der Waals surface area contributed by atoms with Crippen molar-refractivity contribution in [3.8, 4) is 17.5 Å². The molecule has 1 aromatic carbocycles. The second kappa shape index (κ2) is 5.05. The van der Waals surface area contributed by atoms with E-state index in [4.69, 9.17) is 9.84 Å². The molecule has 1 aromatic heterocycles. The molecule has 0 fully saturated rings. The Hall–Kier alpha value is -2.96. The van der Waals surface area contributed by atoms with Crippen LogP contribution in [0.1, 0.15) is 24.2 Å². The number of carboxylic acids is 1. The Labute approximate surface area is 132 Å². The van der Waals surface area contributed by atoms with Gasteiger partial charge >= 0.3 is 5.97 Å². The van der Waals surface area contributed by atoms with Crippen molar-refractivity contribution in [3.05, 3.63) is 35.9 Å². The van der Waals surface area contributed by atoms with Gasteiger partial charge in [0.25, 0.3) is 0 Å². The quantitative estimate of drug-likeness (QED) is 0.807. The van der Waals surface area contributed by atoms with Crippen LogP contribution in [0.5, 0.6) is 17.5 Å². The van der Waals surface area contributed by atoms with Gasteiger partial charge in [0.1, 0.15) is 17.0 Å². The van der Waals surface area contributed by atoms with Gasteiger partial charge in [0.05, 0.1) is 17.8 Å². The van der Waals surface area contributed by atoms with Gasteiger partial charge in [-0.05, 0) is 32.0 Å². The number of aromatic carboxylic acids is 1. The Balaban J connectivity index is 2.04. The van der Waals surface area contributed by atoms with Gasteiger partial charge < -0.3 is 20.1 Å². The third-order valence-electron chi connectivity index (χ3n) is 3.76. The number of ether oxygens (including phenoxy) is 1. The van der Waals surface area contributed by atoms with E-state index >= 15 is 0 Å². The molecule has 2 heterocycles. The molecule has 0 saturated carbocycles. The summed E-state index contributed by atoms with van der Waals surface area (Å²) in [5, 5.41) is 28.6. The number of carbonyl (C=O) groups is 1. The maximum atomic E-state index is 11.1. The van der Waals surface area contributed by atoms with E-state index in [0.29, 0.717) is 17.1 Å². The van der Waals surface area contributed by atoms with Gasteiger partial charge in [-0.3, -0.25) is 4.57 Å². The SMILES string of the molecule is CC1(C)Oc2ccc(C(=O)O)cc2N=C1Cn1c(O)ccc1O. The topological polar surface area (TPSA) is 104 Å². The van der Waals surface area contributed by atoms with E-state index in [1.807, 2.05) is 13.8 Å². The lowest BCUT2D eigenvalue weighted by molar-refractivity contribution is 0.0697. The fourth-order valence-corrected chi connectivity index (χ4v) is 2.42. The van der Waals surface area contributed by atoms with E-state index in [9.17, 15) is 15.0 Å². The first kappa shape index (κ1) is 15.0. The molecule has 0 radical (unpaired) electrons. The van der Waals surface area contributed by atoms with Gasteiger partial charge in [-0.25, -0.2) is 9.79 Å². The van der Waals surface area contributed by atoms with E-state index in [1.54, 1.807) is 6.07 Å². The summed E-state index contributed by atoms with van der Waals surface area (Å²) in [6, 6.07) is 7.22. The summed E-state index contributed by atoms with van der Waals surface area (Å²) in [7, 11) is 0. The summed E-state index contributed by atoms with van der Waals surface area (Å²) in [4.78, 5) is 15.6. The molecule has 0 spiro atoms. The van der Waals surface area contributed by atoms with Crippen LogP contribution in [0.3, 0.4) is 0 Å². The Morgan fingerprint density at radius 2 is 1.87 bits per heavy atom. The van der Waals surface area contributed by atoms with E-state index in [-0.39, 0.29) is 23.9 Å². The smallest absolute Gasteiger partial charge is 0.335 e. The van der Waals surface area contributed by atoms with Crippen LogP contribution in [0.2, 0.25) is 0 Å². The molecule has 0 atom stereocenters. The van der Waals surface area contributed by atoms with Crippen LogP contribution in [0, 0.1) is 0 Å². The van der Waals surface area contributed by atoms with Crippen LogP contribution in [0.15, 0.2) is 35.3 Å². The maximum Gasteiger partial charge on any atom is 0.335 e. The lowest BCUT2D eigenvalue weighted by Crippen LogP contribution is -2.42. The van der Waals surface area contributed by atoms with Crippen molar-refractivity contribution in [2.45, 2.75) is 26.0 Å². The summed E-state index contributed by atoms with van der Waals surface area (Å²) in [6.07, 6.45) is 0. The molecule has 1 aliphatic heterocycles. The molecular formula is C16H16N2O5. The summed E-state index contributed by atoms with van der Waals surface area (Å²) < 4.78 is 7.18. The van der Waals surface area contributed by atoms with E-state index in [2.05, 4.69) is 4.99 Å². The summed E-state index contributed by atoms with van der Waals surface area (Å²) in [6.45, 7) is 3.75. The highest BCUT2D eigenvalue weighted by Crippen LogP contribution is 2.38. The highest BCUT2D eigenvalue weighted by atomic mass is 16.5. The third-order valence-corrected chi connectivity index (χ3v) is 3.76. The highest BCUT2D eigenvalue weighted by Gasteiger charge is 2.33. The third kappa shape index (κ3) is 2.61. The fourth-order valence-electron chi connectivity index (χ4n) is 2.42. The van der Waals surface area contributed by atoms with Gasteiger partial charge in [0, 0.05) is 12.1 Å². The first-order valence-electron chi connectivity index (χ1n) is 7.00. The summed E-state index contributed by atoms with van der Waals surface area (Å²) in [5.41, 5.74) is 0.308. The lowest BCUT2D eigenvalue weighted by atomic mass is 9.99. The normalized spacial score (nSPS) is 15.5. The molecule has 7 heteroatoms. The molecule has 0 aliphatic carbocycles. The van der Waals surface area contributed by atoms with E-state index < -0.39 is 11.6 Å². The zero-order chi connectivity index (χ0) is 16.8. The predicted octanol–water partition coefficient (Wildman–Crippen LogP) is 2.54. The highest BCUT2D eigenvalue weighted by molar-refractivity contribution is 5.97. The van der Waals surface area contributed by atoms with E-state index in [1.165, 1.54) is 28.8 Å². The minimum Gasteiger partial charge on any atom is -0.494 e. The van der Waals surface area contributed by atoms with Crippen molar-refractivity contribution < 1.29 is 24.9 Å². The molecule has 0 amide bonds. The van der Waals surface area contributed by atoms with Crippen LogP contribution in [0.25, 0.3) is 0 Å². The van der Waals surface area contributed by atoms with Crippen molar-refractivity contribution >= 4 is 17.4 Å². The van der Waals surface area contributed by atoms with E-state index in [0.717, 1.165) is 0 Å². The minimum absolute atomic E-state index is 0.0916. The molecule has 120 valence electrons. The standard InChI is InChI=1S/C16H16N2O5/c1-16(2)12(8-18-13(19)5-6-14(18)20)17-10-7-9(15(21)22)3-4-11(10)23-16/h3-7,19-20H,8H2,1-2H3,(H,21,22). The number of aromatic hydroxyl groups is 2. The van der Waals surface area contributed by atoms with Crippen LogP contribution in [-0.4, -0.2) is 37.2 Å². The maximum absolute atomic E-state index is 11.1. The van der Waals surface area contributed by atoms with Crippen molar-refractivity contribution in [3.63, 3.8) is 0 Å². The van der Waals surface area contributed by atoms with Crippen LogP contribution >= 0.6 is 0 Å². The number of aromatic nitrogens is 1. The zero-order valence-corrected chi connectivity index (χ0v) is 12.6. The van der Waals surface area contributed by atoms with Crippen LogP contribution in [-0.2, 0) is 6.54 Å². The van der Waals surface area contributed by atoms with Crippen molar-refractivity contribution in [2.75, 3.05) is 0 Å². The van der Waals surface area contributed by atoms with Gasteiger partial charge in [0.15, 0.2) is 11.8 Å². The molecule has 3 N–H and O–H groups in total. The molecule has 3 rings (SSSR count). The molecule has 0 unspecified atom stereocenters. The zero-order valence-electron chi connectivity index (χ0n) is 12.6. The van der Waals surface area contributed by atoms with Gasteiger partial charge in [-0.15, -0.1) is 0 Å². The number of fused-ring (bicyclic) bond motifs is 1. The molecule has 7 nitrogen and oxygen atoms in total. The monoisotopic (exact) mass is 316 g/mol. The fraction of sp³-hybridized carbons (Fsp3) is 0.250. The average molecular weight is 316 g/mol. The molecular weight excluding hydrogens is 300 g/mol. The number of carboxylic acid groups (broad SMARTS) is 1. The van der Waals surface area contributed by atoms with Gasteiger partial charge in [-0.1, -0.05) is 0 Å². The summed E-state index contributed by atoms with van der Waals surface area (Å²) in [5.74, 6) is -0.739. The first-order valence-corrected chi connectivity index (χ1v) is 7.00. The number of hydrogen-bond donors (Lipinski definition) is 3. The second-order valence-electron chi connectivity index (χ2n) is 5.79. The van der Waals surface area contributed by atoms with Crippen molar-refractivity contribution in [2.24, 2.45) is 4.99 Å². The molecule has 0 saturated heterocycles. The lowest BCUT2D eigenvalue weighted by Gasteiger charge is -2.33. The first-order chi connectivity index (χ1) is 10.8.